The number of rotatable bonds is 4. The molecule has 0 saturated heterocycles. The van der Waals surface area contributed by atoms with E-state index in [1.165, 1.54) is 17.4 Å². The molecule has 0 bridgehead atoms. The van der Waals surface area contributed by atoms with Crippen LogP contribution in [0.3, 0.4) is 0 Å². The van der Waals surface area contributed by atoms with Gasteiger partial charge in [0.1, 0.15) is 18.2 Å². The molecule has 0 fully saturated rings. The summed E-state index contributed by atoms with van der Waals surface area (Å²) in [6.45, 7) is -0.0140. The molecule has 112 valence electrons. The second-order valence-corrected chi connectivity index (χ2v) is 5.92. The molecule has 0 radical (unpaired) electrons. The van der Waals surface area contributed by atoms with Crippen LogP contribution in [-0.4, -0.2) is 5.84 Å². The fourth-order valence-corrected chi connectivity index (χ4v) is 2.62. The van der Waals surface area contributed by atoms with Crippen molar-refractivity contribution in [1.29, 1.82) is 5.41 Å². The molecule has 0 aliphatic rings. The van der Waals surface area contributed by atoms with Crippen LogP contribution in [0.1, 0.15) is 16.0 Å². The Morgan fingerprint density at radius 1 is 1.29 bits per heavy atom. The predicted octanol–water partition coefficient (Wildman–Crippen LogP) is 4.28. The van der Waals surface area contributed by atoms with Gasteiger partial charge < -0.3 is 10.5 Å². The van der Waals surface area contributed by atoms with Crippen molar-refractivity contribution in [3.05, 3.63) is 50.7 Å². The third kappa shape index (κ3) is 3.89. The fraction of sp³-hybridized carbons (Fsp3) is 0.154. The van der Waals surface area contributed by atoms with Crippen LogP contribution in [0.2, 0.25) is 4.34 Å². The van der Waals surface area contributed by atoms with Crippen molar-refractivity contribution in [2.24, 2.45) is 5.73 Å². The Hall–Kier alpha value is -1.73. The Morgan fingerprint density at radius 2 is 2.00 bits per heavy atom. The van der Waals surface area contributed by atoms with Crippen LogP contribution in [0, 0.1) is 5.41 Å². The zero-order valence-corrected chi connectivity index (χ0v) is 12.1. The molecule has 0 amide bonds. The minimum absolute atomic E-state index is 0.00570. The first kappa shape index (κ1) is 15.7. The summed E-state index contributed by atoms with van der Waals surface area (Å²) in [7, 11) is 0. The largest absolute Gasteiger partial charge is 0.487 e. The average molecular weight is 335 g/mol. The van der Waals surface area contributed by atoms with Gasteiger partial charge in [0.15, 0.2) is 0 Å². The Labute approximate surface area is 127 Å². The van der Waals surface area contributed by atoms with E-state index < -0.39 is 17.6 Å². The molecule has 8 heteroatoms. The number of alkyl halides is 3. The van der Waals surface area contributed by atoms with E-state index in [9.17, 15) is 13.2 Å². The third-order valence-electron chi connectivity index (χ3n) is 2.59. The summed E-state index contributed by atoms with van der Waals surface area (Å²) in [5.41, 5.74) is 4.24. The molecule has 0 saturated carbocycles. The SMILES string of the molecule is N=C(N)c1ccc(OCc2ccc(Cl)s2)c(C(F)(F)F)c1. The van der Waals surface area contributed by atoms with Gasteiger partial charge in [0, 0.05) is 10.4 Å². The first-order valence-corrected chi connectivity index (χ1v) is 6.89. The summed E-state index contributed by atoms with van der Waals surface area (Å²) < 4.78 is 44.8. The van der Waals surface area contributed by atoms with Gasteiger partial charge in [-0.2, -0.15) is 13.2 Å². The number of amidine groups is 1. The van der Waals surface area contributed by atoms with Gasteiger partial charge >= 0.3 is 6.18 Å². The van der Waals surface area contributed by atoms with Crippen molar-refractivity contribution < 1.29 is 17.9 Å². The Morgan fingerprint density at radius 3 is 2.52 bits per heavy atom. The quantitative estimate of drug-likeness (QED) is 0.647. The van der Waals surface area contributed by atoms with Crippen LogP contribution in [0.5, 0.6) is 5.75 Å². The third-order valence-corrected chi connectivity index (χ3v) is 3.80. The number of benzene rings is 1. The zero-order valence-electron chi connectivity index (χ0n) is 10.5. The maximum atomic E-state index is 13.0. The number of nitrogens with one attached hydrogen (secondary N) is 1. The molecule has 1 heterocycles. The molecule has 1 aromatic heterocycles. The highest BCUT2D eigenvalue weighted by atomic mass is 35.5. The normalized spacial score (nSPS) is 11.4. The maximum absolute atomic E-state index is 13.0. The van der Waals surface area contributed by atoms with Crippen LogP contribution < -0.4 is 10.5 Å². The predicted molar refractivity (Wildman–Crippen MR) is 76.1 cm³/mol. The van der Waals surface area contributed by atoms with Crippen LogP contribution in [0.15, 0.2) is 30.3 Å². The van der Waals surface area contributed by atoms with E-state index >= 15 is 0 Å². The van der Waals surface area contributed by atoms with E-state index in [1.54, 1.807) is 12.1 Å². The van der Waals surface area contributed by atoms with Crippen molar-refractivity contribution >= 4 is 28.8 Å². The van der Waals surface area contributed by atoms with Gasteiger partial charge in [-0.15, -0.1) is 11.3 Å². The highest BCUT2D eigenvalue weighted by Gasteiger charge is 2.35. The molecular formula is C13H10ClF3N2OS. The summed E-state index contributed by atoms with van der Waals surface area (Å²) in [5.74, 6) is -0.742. The van der Waals surface area contributed by atoms with Crippen molar-refractivity contribution in [3.8, 4) is 5.75 Å². The highest BCUT2D eigenvalue weighted by molar-refractivity contribution is 7.16. The lowest BCUT2D eigenvalue weighted by atomic mass is 10.1. The molecule has 2 rings (SSSR count). The lowest BCUT2D eigenvalue weighted by molar-refractivity contribution is -0.139. The molecule has 21 heavy (non-hydrogen) atoms. The lowest BCUT2D eigenvalue weighted by Crippen LogP contribution is -2.14. The summed E-state index contributed by atoms with van der Waals surface area (Å²) in [6, 6.07) is 6.61. The monoisotopic (exact) mass is 334 g/mol. The molecule has 0 atom stereocenters. The molecule has 2 aromatic rings. The lowest BCUT2D eigenvalue weighted by Gasteiger charge is -2.14. The average Bonchev–Trinajstić information content (AvgIpc) is 2.81. The molecule has 3 nitrogen and oxygen atoms in total. The Bertz CT molecular complexity index is 670. The first-order valence-electron chi connectivity index (χ1n) is 5.70. The number of hydrogen-bond acceptors (Lipinski definition) is 3. The minimum atomic E-state index is -4.59. The van der Waals surface area contributed by atoms with E-state index in [0.29, 0.717) is 9.21 Å². The maximum Gasteiger partial charge on any atom is 0.419 e. The molecule has 0 aliphatic carbocycles. The van der Waals surface area contributed by atoms with Crippen LogP contribution >= 0.6 is 22.9 Å². The summed E-state index contributed by atoms with van der Waals surface area (Å²) in [4.78, 5) is 0.712. The summed E-state index contributed by atoms with van der Waals surface area (Å²) in [5, 5.41) is 7.20. The fourth-order valence-electron chi connectivity index (χ4n) is 1.62. The van der Waals surface area contributed by atoms with Gasteiger partial charge in [-0.3, -0.25) is 5.41 Å². The number of ether oxygens (including phenoxy) is 1. The van der Waals surface area contributed by atoms with Crippen molar-refractivity contribution in [2.45, 2.75) is 12.8 Å². The summed E-state index contributed by atoms with van der Waals surface area (Å²) >= 11 is 6.98. The Kier molecular flexibility index (Phi) is 4.43. The van der Waals surface area contributed by atoms with Crippen LogP contribution in [0.4, 0.5) is 13.2 Å². The topological polar surface area (TPSA) is 59.1 Å². The van der Waals surface area contributed by atoms with Crippen LogP contribution in [-0.2, 0) is 12.8 Å². The van der Waals surface area contributed by atoms with Gasteiger partial charge in [-0.1, -0.05) is 11.6 Å². The number of nitrogen functional groups attached to an aromatic ring is 1. The summed E-state index contributed by atoms with van der Waals surface area (Å²) in [6.07, 6.45) is -4.59. The Balaban J connectivity index is 2.27. The highest BCUT2D eigenvalue weighted by Crippen LogP contribution is 2.37. The number of nitrogens with two attached hydrogens (primary N) is 1. The molecule has 3 N–H and O–H groups in total. The van der Waals surface area contributed by atoms with Gasteiger partial charge in [0.2, 0.25) is 0 Å². The van der Waals surface area contributed by atoms with E-state index in [1.807, 2.05) is 0 Å². The minimum Gasteiger partial charge on any atom is -0.487 e. The second kappa shape index (κ2) is 5.95. The first-order chi connectivity index (χ1) is 9.77. The van der Waals surface area contributed by atoms with Crippen molar-refractivity contribution in [1.82, 2.24) is 0 Å². The number of halogens is 4. The van der Waals surface area contributed by atoms with Gasteiger partial charge in [-0.05, 0) is 30.3 Å². The van der Waals surface area contributed by atoms with Crippen molar-refractivity contribution in [3.63, 3.8) is 0 Å². The number of thiophene rings is 1. The smallest absolute Gasteiger partial charge is 0.419 e. The molecule has 0 unspecified atom stereocenters. The zero-order chi connectivity index (χ0) is 15.6. The standard InChI is InChI=1S/C13H10ClF3N2OS/c14-11-4-2-8(21-11)6-20-10-3-1-7(12(18)19)5-9(10)13(15,16)17/h1-5H,6H2,(H3,18,19). The molecule has 0 aliphatic heterocycles. The second-order valence-electron chi connectivity index (χ2n) is 4.12. The molecule has 1 aromatic carbocycles. The van der Waals surface area contributed by atoms with Crippen molar-refractivity contribution in [2.75, 3.05) is 0 Å². The molecular weight excluding hydrogens is 325 g/mol. The van der Waals surface area contributed by atoms with Gasteiger partial charge in [0.25, 0.3) is 0 Å². The van der Waals surface area contributed by atoms with E-state index in [-0.39, 0.29) is 17.9 Å². The van der Waals surface area contributed by atoms with E-state index in [0.717, 1.165) is 12.1 Å². The van der Waals surface area contributed by atoms with Crippen LogP contribution in [0.25, 0.3) is 0 Å². The van der Waals surface area contributed by atoms with E-state index in [4.69, 9.17) is 27.5 Å². The molecule has 0 spiro atoms. The van der Waals surface area contributed by atoms with Gasteiger partial charge in [-0.25, -0.2) is 0 Å². The van der Waals surface area contributed by atoms with E-state index in [2.05, 4.69) is 0 Å². The number of hydrogen-bond donors (Lipinski definition) is 2. The van der Waals surface area contributed by atoms with Gasteiger partial charge in [0.05, 0.1) is 9.90 Å².